The Kier molecular flexibility index (Phi) is 5.39. The standard InChI is InChI=1S/C18H18F2N2O4S2/c1-9-4-10(2)14(11(3)5-9)15-12(7-28(24,25)26)16-17(21-8-27-16)22(18(15)23)6-13(19)20/h4-5,8,13H,6-7H2,1-3H3,(H,24,25,26). The molecular weight excluding hydrogens is 410 g/mol. The molecular formula is C18H18F2N2O4S2. The third-order valence-electron chi connectivity index (χ3n) is 4.41. The highest BCUT2D eigenvalue weighted by Gasteiger charge is 2.26. The van der Waals surface area contributed by atoms with Crippen LogP contribution in [0.25, 0.3) is 21.5 Å². The summed E-state index contributed by atoms with van der Waals surface area (Å²) < 4.78 is 60.2. The SMILES string of the molecule is Cc1cc(C)c(-c2c(CS(=O)(=O)O)c3scnc3n(CC(F)F)c2=O)c(C)c1. The van der Waals surface area contributed by atoms with Crippen LogP contribution >= 0.6 is 11.3 Å². The van der Waals surface area contributed by atoms with Gasteiger partial charge in [0.15, 0.2) is 5.65 Å². The highest BCUT2D eigenvalue weighted by molar-refractivity contribution is 7.85. The van der Waals surface area contributed by atoms with Crippen LogP contribution in [0.4, 0.5) is 8.78 Å². The second-order valence-electron chi connectivity index (χ2n) is 6.67. The second kappa shape index (κ2) is 7.34. The van der Waals surface area contributed by atoms with Crippen molar-refractivity contribution in [1.29, 1.82) is 0 Å². The first-order valence-corrected chi connectivity index (χ1v) is 10.8. The Bertz CT molecular complexity index is 1210. The molecule has 0 aliphatic rings. The van der Waals surface area contributed by atoms with Crippen molar-refractivity contribution in [2.45, 2.75) is 39.5 Å². The van der Waals surface area contributed by atoms with Gasteiger partial charge in [-0.25, -0.2) is 13.8 Å². The van der Waals surface area contributed by atoms with Gasteiger partial charge in [-0.15, -0.1) is 11.3 Å². The van der Waals surface area contributed by atoms with E-state index in [0.717, 1.165) is 21.5 Å². The van der Waals surface area contributed by atoms with Crippen molar-refractivity contribution in [3.63, 3.8) is 0 Å². The lowest BCUT2D eigenvalue weighted by molar-refractivity contribution is 0.127. The van der Waals surface area contributed by atoms with E-state index in [-0.39, 0.29) is 21.5 Å². The van der Waals surface area contributed by atoms with E-state index in [9.17, 15) is 26.5 Å². The number of alkyl halides is 2. The van der Waals surface area contributed by atoms with Crippen LogP contribution < -0.4 is 5.56 Å². The maximum Gasteiger partial charge on any atom is 0.269 e. The zero-order valence-electron chi connectivity index (χ0n) is 15.4. The summed E-state index contributed by atoms with van der Waals surface area (Å²) in [7, 11) is -4.48. The number of nitrogens with zero attached hydrogens (tertiary/aromatic N) is 2. The van der Waals surface area contributed by atoms with Gasteiger partial charge in [-0.2, -0.15) is 8.42 Å². The van der Waals surface area contributed by atoms with Crippen LogP contribution in [0.1, 0.15) is 22.3 Å². The molecule has 2 heterocycles. The normalized spacial score (nSPS) is 12.2. The quantitative estimate of drug-likeness (QED) is 0.626. The van der Waals surface area contributed by atoms with Crippen LogP contribution in [0.2, 0.25) is 0 Å². The fourth-order valence-electron chi connectivity index (χ4n) is 3.57. The summed E-state index contributed by atoms with van der Waals surface area (Å²) >= 11 is 1.04. The topological polar surface area (TPSA) is 89.3 Å². The van der Waals surface area contributed by atoms with E-state index in [1.807, 2.05) is 19.1 Å². The minimum Gasteiger partial charge on any atom is -0.286 e. The molecule has 0 aliphatic carbocycles. The lowest BCUT2D eigenvalue weighted by Crippen LogP contribution is -2.27. The molecule has 0 bridgehead atoms. The van der Waals surface area contributed by atoms with Gasteiger partial charge in [-0.05, 0) is 37.5 Å². The predicted molar refractivity (Wildman–Crippen MR) is 105 cm³/mol. The molecule has 0 atom stereocenters. The Morgan fingerprint density at radius 3 is 2.32 bits per heavy atom. The summed E-state index contributed by atoms with van der Waals surface area (Å²) in [5, 5.41) is 0. The van der Waals surface area contributed by atoms with Crippen LogP contribution in [0, 0.1) is 20.8 Å². The van der Waals surface area contributed by atoms with Crippen LogP contribution in [0.3, 0.4) is 0 Å². The molecule has 0 amide bonds. The zero-order chi connectivity index (χ0) is 20.8. The molecule has 3 aromatic rings. The fraction of sp³-hybridized carbons (Fsp3) is 0.333. The number of fused-ring (bicyclic) bond motifs is 1. The minimum atomic E-state index is -4.48. The van der Waals surface area contributed by atoms with Crippen LogP contribution in [0.15, 0.2) is 22.4 Å². The summed E-state index contributed by atoms with van der Waals surface area (Å²) in [5.74, 6) is -0.807. The van der Waals surface area contributed by atoms with Gasteiger partial charge in [0.05, 0.1) is 22.3 Å². The zero-order valence-corrected chi connectivity index (χ0v) is 17.0. The first-order valence-electron chi connectivity index (χ1n) is 8.30. The lowest BCUT2D eigenvalue weighted by Gasteiger charge is -2.18. The molecule has 28 heavy (non-hydrogen) atoms. The molecule has 0 saturated heterocycles. The number of halogens is 2. The van der Waals surface area contributed by atoms with Crippen molar-refractivity contribution in [2.75, 3.05) is 0 Å². The first kappa shape index (κ1) is 20.6. The van der Waals surface area contributed by atoms with Crippen molar-refractivity contribution >= 4 is 31.8 Å². The number of aromatic nitrogens is 2. The smallest absolute Gasteiger partial charge is 0.269 e. The van der Waals surface area contributed by atoms with E-state index in [4.69, 9.17) is 0 Å². The molecule has 0 spiro atoms. The Labute approximate surface area is 164 Å². The van der Waals surface area contributed by atoms with E-state index in [2.05, 4.69) is 4.98 Å². The molecule has 3 rings (SSSR count). The molecule has 0 saturated carbocycles. The Morgan fingerprint density at radius 2 is 1.79 bits per heavy atom. The second-order valence-corrected chi connectivity index (χ2v) is 8.97. The van der Waals surface area contributed by atoms with Crippen molar-refractivity contribution in [2.24, 2.45) is 0 Å². The van der Waals surface area contributed by atoms with Gasteiger partial charge in [0, 0.05) is 5.56 Å². The van der Waals surface area contributed by atoms with E-state index in [1.165, 1.54) is 5.51 Å². The Morgan fingerprint density at radius 1 is 1.18 bits per heavy atom. The number of hydrogen-bond donors (Lipinski definition) is 1. The summed E-state index contributed by atoms with van der Waals surface area (Å²) in [5.41, 5.74) is 3.51. The van der Waals surface area contributed by atoms with Crippen molar-refractivity contribution in [1.82, 2.24) is 9.55 Å². The maximum absolute atomic E-state index is 13.2. The average molecular weight is 428 g/mol. The van der Waals surface area contributed by atoms with E-state index in [1.54, 1.807) is 13.8 Å². The summed E-state index contributed by atoms with van der Waals surface area (Å²) in [6, 6.07) is 3.65. The fourth-order valence-corrected chi connectivity index (χ4v) is 5.16. The number of hydrogen-bond acceptors (Lipinski definition) is 5. The van der Waals surface area contributed by atoms with Crippen molar-refractivity contribution in [3.05, 3.63) is 50.3 Å². The molecule has 6 nitrogen and oxygen atoms in total. The Balaban J connectivity index is 2.52. The minimum absolute atomic E-state index is 0.00465. The third-order valence-corrected chi connectivity index (χ3v) is 5.94. The molecule has 10 heteroatoms. The largest absolute Gasteiger partial charge is 0.286 e. The number of thiazole rings is 1. The summed E-state index contributed by atoms with van der Waals surface area (Å²) in [4.78, 5) is 17.2. The molecule has 1 N–H and O–H groups in total. The highest BCUT2D eigenvalue weighted by atomic mass is 32.2. The lowest BCUT2D eigenvalue weighted by atomic mass is 9.92. The van der Waals surface area contributed by atoms with E-state index >= 15 is 0 Å². The van der Waals surface area contributed by atoms with Crippen molar-refractivity contribution < 1.29 is 21.8 Å². The summed E-state index contributed by atoms with van der Waals surface area (Å²) in [6.45, 7) is 4.55. The molecule has 0 unspecified atom stereocenters. The first-order chi connectivity index (χ1) is 13.0. The number of pyridine rings is 1. The molecule has 0 fully saturated rings. The molecule has 0 aliphatic heterocycles. The van der Waals surface area contributed by atoms with Gasteiger partial charge in [0.25, 0.3) is 22.1 Å². The molecule has 2 aromatic heterocycles. The Hall–Kier alpha value is -2.17. The van der Waals surface area contributed by atoms with E-state index in [0.29, 0.717) is 16.7 Å². The van der Waals surface area contributed by atoms with Crippen LogP contribution in [0.5, 0.6) is 0 Å². The molecule has 150 valence electrons. The highest BCUT2D eigenvalue weighted by Crippen LogP contribution is 2.35. The third kappa shape index (κ3) is 3.85. The number of benzene rings is 1. The molecule has 0 radical (unpaired) electrons. The van der Waals surface area contributed by atoms with Gasteiger partial charge in [0.1, 0.15) is 5.75 Å². The number of rotatable bonds is 5. The maximum atomic E-state index is 13.2. The van der Waals surface area contributed by atoms with Gasteiger partial charge in [0.2, 0.25) is 0 Å². The predicted octanol–water partition coefficient (Wildman–Crippen LogP) is 3.70. The van der Waals surface area contributed by atoms with Gasteiger partial charge in [-0.3, -0.25) is 13.9 Å². The van der Waals surface area contributed by atoms with Crippen molar-refractivity contribution in [3.8, 4) is 11.1 Å². The van der Waals surface area contributed by atoms with Crippen LogP contribution in [-0.2, 0) is 22.4 Å². The average Bonchev–Trinajstić information content (AvgIpc) is 3.01. The van der Waals surface area contributed by atoms with E-state index < -0.39 is 34.4 Å². The van der Waals surface area contributed by atoms with Crippen LogP contribution in [-0.4, -0.2) is 28.9 Å². The van der Waals surface area contributed by atoms with Gasteiger partial charge >= 0.3 is 0 Å². The monoisotopic (exact) mass is 428 g/mol. The van der Waals surface area contributed by atoms with Gasteiger partial charge < -0.3 is 0 Å². The number of aryl methyl sites for hydroxylation is 3. The molecule has 1 aromatic carbocycles. The summed E-state index contributed by atoms with van der Waals surface area (Å²) in [6.07, 6.45) is -2.79. The van der Waals surface area contributed by atoms with Gasteiger partial charge in [-0.1, -0.05) is 17.7 Å².